The Bertz CT molecular complexity index is 615. The van der Waals surface area contributed by atoms with Gasteiger partial charge in [0.15, 0.2) is 0 Å². The molecular weight excluding hydrogens is 314 g/mol. The van der Waals surface area contributed by atoms with Crippen LogP contribution in [0.15, 0.2) is 46.9 Å². The molecule has 2 rings (SSSR count). The van der Waals surface area contributed by atoms with Crippen LogP contribution >= 0.6 is 15.9 Å². The van der Waals surface area contributed by atoms with Gasteiger partial charge in [-0.2, -0.15) is 0 Å². The maximum absolute atomic E-state index is 10.8. The number of non-ortho nitro benzene ring substituents is 1. The highest BCUT2D eigenvalue weighted by Gasteiger charge is 2.11. The van der Waals surface area contributed by atoms with E-state index in [1.165, 1.54) is 12.1 Å². The molecule has 0 spiro atoms. The molecule has 98 valence electrons. The molecule has 6 heteroatoms. The zero-order valence-electron chi connectivity index (χ0n) is 9.75. The molecule has 0 unspecified atom stereocenters. The molecule has 0 heterocycles. The van der Waals surface area contributed by atoms with Crippen LogP contribution in [0.5, 0.6) is 11.5 Å². The number of benzene rings is 2. The molecule has 0 aliphatic carbocycles. The average molecular weight is 324 g/mol. The van der Waals surface area contributed by atoms with Gasteiger partial charge in [-0.25, -0.2) is 0 Å². The first-order valence-corrected chi connectivity index (χ1v) is 6.21. The Balaban J connectivity index is 2.35. The number of aliphatic hydroxyl groups is 1. The number of ether oxygens (including phenoxy) is 1. The lowest BCUT2D eigenvalue weighted by atomic mass is 10.2. The van der Waals surface area contributed by atoms with Crippen molar-refractivity contribution in [3.05, 3.63) is 62.6 Å². The van der Waals surface area contributed by atoms with Crippen molar-refractivity contribution < 1.29 is 14.8 Å². The largest absolute Gasteiger partial charge is 0.457 e. The second-order valence-corrected chi connectivity index (χ2v) is 4.69. The predicted molar refractivity (Wildman–Crippen MR) is 73.2 cm³/mol. The fourth-order valence-electron chi connectivity index (χ4n) is 1.57. The molecule has 0 aliphatic rings. The van der Waals surface area contributed by atoms with Gasteiger partial charge in [0.05, 0.1) is 17.6 Å². The van der Waals surface area contributed by atoms with Crippen molar-refractivity contribution in [2.24, 2.45) is 0 Å². The molecule has 19 heavy (non-hydrogen) atoms. The number of nitro benzene ring substituents is 1. The summed E-state index contributed by atoms with van der Waals surface area (Å²) in [7, 11) is 0. The summed E-state index contributed by atoms with van der Waals surface area (Å²) in [6, 6.07) is 11.3. The first kappa shape index (κ1) is 13.5. The maximum atomic E-state index is 10.8. The van der Waals surface area contributed by atoms with Crippen LogP contribution in [0.2, 0.25) is 0 Å². The first-order chi connectivity index (χ1) is 9.10. The Morgan fingerprint density at radius 1 is 1.26 bits per heavy atom. The highest BCUT2D eigenvalue weighted by molar-refractivity contribution is 9.10. The van der Waals surface area contributed by atoms with Crippen LogP contribution in [-0.2, 0) is 6.61 Å². The van der Waals surface area contributed by atoms with Crippen LogP contribution in [0, 0.1) is 10.1 Å². The van der Waals surface area contributed by atoms with E-state index in [-0.39, 0.29) is 12.3 Å². The third-order valence-electron chi connectivity index (χ3n) is 2.44. The van der Waals surface area contributed by atoms with Crippen molar-refractivity contribution in [2.75, 3.05) is 0 Å². The smallest absolute Gasteiger partial charge is 0.274 e. The minimum Gasteiger partial charge on any atom is -0.457 e. The van der Waals surface area contributed by atoms with Gasteiger partial charge in [-0.1, -0.05) is 34.1 Å². The lowest BCUT2D eigenvalue weighted by molar-refractivity contribution is -0.385. The van der Waals surface area contributed by atoms with Gasteiger partial charge in [-0.15, -0.1) is 0 Å². The summed E-state index contributed by atoms with van der Waals surface area (Å²) >= 11 is 3.20. The van der Waals surface area contributed by atoms with Gasteiger partial charge in [0.2, 0.25) is 0 Å². The van der Waals surface area contributed by atoms with Gasteiger partial charge < -0.3 is 9.84 Å². The summed E-state index contributed by atoms with van der Waals surface area (Å²) in [5, 5.41) is 20.0. The Kier molecular flexibility index (Phi) is 4.13. The van der Waals surface area contributed by atoms with E-state index in [0.29, 0.717) is 21.5 Å². The summed E-state index contributed by atoms with van der Waals surface area (Å²) in [6.07, 6.45) is 0. The molecule has 0 bridgehead atoms. The van der Waals surface area contributed by atoms with Crippen molar-refractivity contribution in [1.82, 2.24) is 0 Å². The third kappa shape index (κ3) is 3.30. The van der Waals surface area contributed by atoms with Crippen LogP contribution in [0.25, 0.3) is 0 Å². The van der Waals surface area contributed by atoms with Gasteiger partial charge >= 0.3 is 0 Å². The minimum absolute atomic E-state index is 0.0640. The molecule has 0 fully saturated rings. The van der Waals surface area contributed by atoms with Crippen LogP contribution < -0.4 is 4.74 Å². The van der Waals surface area contributed by atoms with Crippen molar-refractivity contribution in [1.29, 1.82) is 0 Å². The quantitative estimate of drug-likeness (QED) is 0.688. The third-order valence-corrected chi connectivity index (χ3v) is 2.90. The fourth-order valence-corrected chi connectivity index (χ4v) is 2.03. The van der Waals surface area contributed by atoms with Gasteiger partial charge in [-0.3, -0.25) is 10.1 Å². The highest BCUT2D eigenvalue weighted by Crippen LogP contribution is 2.31. The zero-order chi connectivity index (χ0) is 13.8. The molecule has 2 aromatic rings. The van der Waals surface area contributed by atoms with E-state index in [0.717, 1.165) is 0 Å². The lowest BCUT2D eigenvalue weighted by Gasteiger charge is -2.09. The molecule has 0 aromatic heterocycles. The topological polar surface area (TPSA) is 72.6 Å². The van der Waals surface area contributed by atoms with Crippen LogP contribution in [0.1, 0.15) is 5.56 Å². The Labute approximate surface area is 117 Å². The molecule has 0 radical (unpaired) electrons. The normalized spacial score (nSPS) is 10.2. The summed E-state index contributed by atoms with van der Waals surface area (Å²) in [5.41, 5.74) is 0.552. The zero-order valence-corrected chi connectivity index (χ0v) is 11.3. The number of halogens is 1. The van der Waals surface area contributed by atoms with Crippen molar-refractivity contribution >= 4 is 21.6 Å². The number of aliphatic hydroxyl groups excluding tert-OH is 1. The monoisotopic (exact) mass is 323 g/mol. The van der Waals surface area contributed by atoms with E-state index in [1.54, 1.807) is 30.3 Å². The average Bonchev–Trinajstić information content (AvgIpc) is 2.38. The predicted octanol–water partition coefficient (Wildman–Crippen LogP) is 3.64. The molecule has 2 aromatic carbocycles. The Morgan fingerprint density at radius 2 is 2.00 bits per heavy atom. The number of hydrogen-bond acceptors (Lipinski definition) is 4. The van der Waals surface area contributed by atoms with Crippen molar-refractivity contribution in [3.63, 3.8) is 0 Å². The van der Waals surface area contributed by atoms with E-state index in [9.17, 15) is 15.2 Å². The van der Waals surface area contributed by atoms with Gasteiger partial charge in [0.25, 0.3) is 5.69 Å². The standard InChI is InChI=1S/C13H10BrNO4/c14-10-5-11(15(17)18)7-12(6-10)19-13-4-2-1-3-9(13)8-16/h1-7,16H,8H2. The molecule has 0 saturated carbocycles. The number of hydrogen-bond donors (Lipinski definition) is 1. The maximum Gasteiger partial charge on any atom is 0.274 e. The molecule has 5 nitrogen and oxygen atoms in total. The number of nitrogens with zero attached hydrogens (tertiary/aromatic N) is 1. The molecular formula is C13H10BrNO4. The molecule has 0 atom stereocenters. The number of rotatable bonds is 4. The first-order valence-electron chi connectivity index (χ1n) is 5.42. The molecule has 0 saturated heterocycles. The Morgan fingerprint density at radius 3 is 2.68 bits per heavy atom. The summed E-state index contributed by atoms with van der Waals surface area (Å²) < 4.78 is 6.13. The van der Waals surface area contributed by atoms with Crippen LogP contribution in [0.4, 0.5) is 5.69 Å². The summed E-state index contributed by atoms with van der Waals surface area (Å²) in [5.74, 6) is 0.805. The summed E-state index contributed by atoms with van der Waals surface area (Å²) in [6.45, 7) is -0.160. The van der Waals surface area contributed by atoms with Crippen molar-refractivity contribution in [2.45, 2.75) is 6.61 Å². The minimum atomic E-state index is -0.491. The lowest BCUT2D eigenvalue weighted by Crippen LogP contribution is -1.93. The van der Waals surface area contributed by atoms with Gasteiger partial charge in [0.1, 0.15) is 11.5 Å². The fraction of sp³-hybridized carbons (Fsp3) is 0.0769. The van der Waals surface area contributed by atoms with E-state index >= 15 is 0 Å². The second kappa shape index (κ2) is 5.81. The van der Waals surface area contributed by atoms with Gasteiger partial charge in [0, 0.05) is 16.1 Å². The van der Waals surface area contributed by atoms with E-state index in [1.807, 2.05) is 0 Å². The van der Waals surface area contributed by atoms with Crippen LogP contribution in [-0.4, -0.2) is 10.0 Å². The van der Waals surface area contributed by atoms with E-state index in [4.69, 9.17) is 4.74 Å². The second-order valence-electron chi connectivity index (χ2n) is 3.77. The Hall–Kier alpha value is -1.92. The van der Waals surface area contributed by atoms with Gasteiger partial charge in [-0.05, 0) is 12.1 Å². The number of para-hydroxylation sites is 1. The number of nitro groups is 1. The molecule has 0 aliphatic heterocycles. The SMILES string of the molecule is O=[N+]([O-])c1cc(Br)cc(Oc2ccccc2CO)c1. The highest BCUT2D eigenvalue weighted by atomic mass is 79.9. The van der Waals surface area contributed by atoms with Crippen molar-refractivity contribution in [3.8, 4) is 11.5 Å². The van der Waals surface area contributed by atoms with Crippen LogP contribution in [0.3, 0.4) is 0 Å². The van der Waals surface area contributed by atoms with E-state index < -0.39 is 4.92 Å². The van der Waals surface area contributed by atoms with E-state index in [2.05, 4.69) is 15.9 Å². The molecule has 0 amide bonds. The molecule has 1 N–H and O–H groups in total. The summed E-state index contributed by atoms with van der Waals surface area (Å²) in [4.78, 5) is 10.3.